The molecule has 37 N–H and O–H groups in total. The van der Waals surface area contributed by atoms with Gasteiger partial charge in [0.1, 0.15) is 84.3 Å². The van der Waals surface area contributed by atoms with Crippen LogP contribution in [-0.4, -0.2) is 262 Å². The third-order valence-electron chi connectivity index (χ3n) is 20.6. The minimum absolute atomic E-state index is 0.0122. The molecule has 0 saturated carbocycles. The molecule has 47 heteroatoms. The van der Waals surface area contributed by atoms with E-state index in [1.165, 1.54) is 55.5 Å². The summed E-state index contributed by atoms with van der Waals surface area (Å²) in [5.74, 6) is -16.3. The smallest absolute Gasteiger partial charge is 0.326 e. The lowest BCUT2D eigenvalue weighted by Gasteiger charge is -2.33. The standard InChI is InChI=1S/C76H131N31O16/c1-9-39(4)56(104-60(111)43(8)96-61(112)47(18-12-28-89-72(78)79)98-65(116)52(34-44-24-26-46(108)27-25-44)102-59(110)42(7)95-55(109)36-77)68(119)100-49(20-14-30-91-74(82)83)63(114)103-53(35-45-37-88-38-94-45)66(117)106-58(41(6)11-3)70(121)107-33-17-23-54(107)67(118)99-48(19-13-29-90-73(80)81)62(113)97-50(21-15-31-92-75(84)85)64(115)105-57(40(5)10-2)69(120)101-51(71(122)123)22-16-32-93-76(86)87/h24-27,37-43,47-54,56-58,108H,9-23,28-36,77H2,1-8H3,(H,88,94)(H,95,109)(H,96,112)(H,97,113)(H,98,116)(H,99,118)(H,100,119)(H,101,120)(H,102,110)(H,103,114)(H,104,111)(H,105,115)(H,106,117)(H,122,123)(H4,78,79,89)(H4,80,81,90)(H4,82,83,91)(H4,84,85,92)(H4,86,87,93)/t39-,40-,41-,42-,43-,47-,48-,49-,50-,51-,52-,53-,54-,56-,57-,58-/m0/s1. The molecule has 1 saturated heterocycles. The molecule has 1 aromatic carbocycles. The Morgan fingerprint density at radius 3 is 1.21 bits per heavy atom. The first-order valence-corrected chi connectivity index (χ1v) is 41.2. The first kappa shape index (κ1) is 104. The van der Waals surface area contributed by atoms with Crippen LogP contribution in [0.1, 0.15) is 163 Å². The van der Waals surface area contributed by atoms with Crippen LogP contribution in [-0.2, 0) is 80.0 Å². The quantitative estimate of drug-likeness (QED) is 0.0166. The van der Waals surface area contributed by atoms with E-state index in [-0.39, 0.29) is 171 Å². The van der Waals surface area contributed by atoms with Crippen molar-refractivity contribution in [2.45, 2.75) is 243 Å². The monoisotopic (exact) mass is 1730 g/mol. The Morgan fingerprint density at radius 1 is 0.447 bits per heavy atom. The van der Waals surface area contributed by atoms with Gasteiger partial charge in [-0.3, -0.25) is 89.4 Å². The van der Waals surface area contributed by atoms with Gasteiger partial charge in [0, 0.05) is 58.3 Å². The predicted octanol–water partition coefficient (Wildman–Crippen LogP) is -6.75. The number of guanidine groups is 5. The molecule has 686 valence electrons. The number of likely N-dealkylation sites (tertiary alicyclic amines) is 1. The number of aliphatic carboxylic acids is 1. The summed E-state index contributed by atoms with van der Waals surface area (Å²) >= 11 is 0. The van der Waals surface area contributed by atoms with E-state index in [1.807, 2.05) is 0 Å². The van der Waals surface area contributed by atoms with E-state index in [9.17, 15) is 67.7 Å². The second-order valence-electron chi connectivity index (χ2n) is 30.3. The van der Waals surface area contributed by atoms with Gasteiger partial charge in [-0.15, -0.1) is 0 Å². The van der Waals surface area contributed by atoms with Crippen LogP contribution in [0, 0.1) is 44.8 Å². The van der Waals surface area contributed by atoms with E-state index in [0.717, 1.165) is 0 Å². The SMILES string of the molecule is CC[C@H](C)[C@H](NC(=O)[C@H](C)NC(=O)[C@H](CCCNC(=N)N)NC(=O)[C@H](Cc1ccc(O)cc1)NC(=O)[C@H](C)NC(=O)CN)C(=O)N[C@@H](CCCNC(=N)N)C(=O)N[C@@H](Cc1c[nH]cn1)C(=O)N[C@H](C(=O)N1CCC[C@H]1C(=O)N[C@@H](CCCNC(=N)N)C(=O)N[C@@H](CCCNC(=N)N)C(=O)N[C@H](C(=O)N[C@@H](CCCNC(=N)N)C(=O)O)[C@@H](C)CC)[C@@H](C)CC. The van der Waals surface area contributed by atoms with E-state index in [4.69, 9.17) is 61.4 Å². The average Bonchev–Trinajstić information content (AvgIpc) is 1.72. The molecule has 2 heterocycles. The number of amides is 13. The van der Waals surface area contributed by atoms with Gasteiger partial charge in [0.2, 0.25) is 76.8 Å². The zero-order valence-electron chi connectivity index (χ0n) is 71.1. The number of hydrogen-bond donors (Lipinski definition) is 31. The molecule has 0 radical (unpaired) electrons. The Balaban J connectivity index is 2.00. The maximum Gasteiger partial charge on any atom is 0.326 e. The molecule has 1 fully saturated rings. The lowest BCUT2D eigenvalue weighted by Crippen LogP contribution is -2.62. The minimum atomic E-state index is -1.56. The number of hydrogen-bond acceptors (Lipinski definition) is 22. The number of aromatic nitrogens is 2. The number of nitrogens with two attached hydrogens (primary N) is 6. The molecule has 0 spiro atoms. The lowest BCUT2D eigenvalue weighted by molar-refractivity contribution is -0.143. The molecule has 1 aliphatic heterocycles. The number of carboxylic acids is 1. The van der Waals surface area contributed by atoms with Crippen LogP contribution in [0.5, 0.6) is 5.75 Å². The molecule has 1 aliphatic rings. The highest BCUT2D eigenvalue weighted by Crippen LogP contribution is 2.24. The molecule has 13 amide bonds. The predicted molar refractivity (Wildman–Crippen MR) is 454 cm³/mol. The van der Waals surface area contributed by atoms with Gasteiger partial charge in [-0.25, -0.2) is 9.78 Å². The van der Waals surface area contributed by atoms with Gasteiger partial charge >= 0.3 is 5.97 Å². The van der Waals surface area contributed by atoms with Gasteiger partial charge in [-0.1, -0.05) is 72.9 Å². The molecule has 2 aromatic rings. The summed E-state index contributed by atoms with van der Waals surface area (Å²) in [5, 5.41) is 103. The number of phenols is 1. The Bertz CT molecular complexity index is 3890. The topological polar surface area (TPSA) is 791 Å². The molecule has 0 bridgehead atoms. The zero-order valence-corrected chi connectivity index (χ0v) is 71.1. The number of carboxylic acid groups (broad SMARTS) is 1. The summed E-state index contributed by atoms with van der Waals surface area (Å²) in [6.45, 7) is 12.7. The van der Waals surface area contributed by atoms with Crippen LogP contribution in [0.25, 0.3) is 0 Å². The number of carbonyl (C=O) groups excluding carboxylic acids is 13. The van der Waals surface area contributed by atoms with Crippen molar-refractivity contribution in [1.82, 2.24) is 105 Å². The first-order chi connectivity index (χ1) is 58.1. The third kappa shape index (κ3) is 38.2. The number of imidazole rings is 1. The van der Waals surface area contributed by atoms with Gasteiger partial charge in [-0.05, 0) is 126 Å². The molecular weight excluding hydrogens is 1600 g/mol. The lowest BCUT2D eigenvalue weighted by atomic mass is 9.96. The fraction of sp³-hybridized carbons (Fsp3) is 0.632. The highest BCUT2D eigenvalue weighted by Gasteiger charge is 2.43. The van der Waals surface area contributed by atoms with Gasteiger partial charge < -0.3 is 145 Å². The summed E-state index contributed by atoms with van der Waals surface area (Å²) in [6.07, 6.45) is 3.39. The number of nitrogens with one attached hydrogen (secondary N) is 23. The van der Waals surface area contributed by atoms with E-state index in [1.54, 1.807) is 41.5 Å². The van der Waals surface area contributed by atoms with Gasteiger partial charge in [0.05, 0.1) is 18.6 Å². The number of carbonyl (C=O) groups is 14. The van der Waals surface area contributed by atoms with Crippen molar-refractivity contribution in [3.8, 4) is 5.75 Å². The number of nitrogens with zero attached hydrogens (tertiary/aromatic N) is 2. The highest BCUT2D eigenvalue weighted by molar-refractivity contribution is 6.00. The van der Waals surface area contributed by atoms with Gasteiger partial charge in [-0.2, -0.15) is 0 Å². The summed E-state index contributed by atoms with van der Waals surface area (Å²) < 4.78 is 0. The van der Waals surface area contributed by atoms with Crippen LogP contribution in [0.15, 0.2) is 36.8 Å². The largest absolute Gasteiger partial charge is 0.508 e. The second kappa shape index (κ2) is 54.4. The van der Waals surface area contributed by atoms with Crippen LogP contribution in [0.2, 0.25) is 0 Å². The van der Waals surface area contributed by atoms with Crippen LogP contribution < -0.4 is 125 Å². The number of rotatable bonds is 56. The van der Waals surface area contributed by atoms with Crippen molar-refractivity contribution < 1.29 is 77.3 Å². The Hall–Kier alpha value is -12.9. The number of aromatic hydroxyl groups is 1. The Morgan fingerprint density at radius 2 is 0.789 bits per heavy atom. The normalized spacial score (nSPS) is 15.9. The van der Waals surface area contributed by atoms with Crippen molar-refractivity contribution in [2.24, 2.45) is 52.2 Å². The summed E-state index contributed by atoms with van der Waals surface area (Å²) in [7, 11) is 0. The molecule has 1 aromatic heterocycles. The van der Waals surface area contributed by atoms with E-state index in [2.05, 4.69) is 100 Å². The number of benzene rings is 1. The maximum atomic E-state index is 15.2. The van der Waals surface area contributed by atoms with Crippen LogP contribution >= 0.6 is 0 Å². The van der Waals surface area contributed by atoms with Crippen molar-refractivity contribution in [2.75, 3.05) is 45.8 Å². The maximum absolute atomic E-state index is 15.2. The van der Waals surface area contributed by atoms with Crippen LogP contribution in [0.4, 0.5) is 0 Å². The summed E-state index contributed by atoms with van der Waals surface area (Å²) in [6, 6.07) is -12.5. The van der Waals surface area contributed by atoms with Gasteiger partial charge in [0.25, 0.3) is 0 Å². The van der Waals surface area contributed by atoms with Crippen molar-refractivity contribution >= 4 is 113 Å². The molecule has 3 rings (SSSR count). The van der Waals surface area contributed by atoms with Crippen molar-refractivity contribution in [3.05, 3.63) is 48.0 Å². The van der Waals surface area contributed by atoms with E-state index in [0.29, 0.717) is 12.0 Å². The molecule has 0 aliphatic carbocycles. The number of phenolic OH excluding ortho intramolecular Hbond substituents is 1. The highest BCUT2D eigenvalue weighted by atomic mass is 16.4. The number of aromatic amines is 1. The zero-order chi connectivity index (χ0) is 92.2. The summed E-state index contributed by atoms with van der Waals surface area (Å²) in [4.78, 5) is 207. The minimum Gasteiger partial charge on any atom is -0.508 e. The molecule has 123 heavy (non-hydrogen) atoms. The average molecular weight is 1740 g/mol. The second-order valence-corrected chi connectivity index (χ2v) is 30.3. The Labute approximate surface area is 714 Å². The molecular formula is C76H131N31O16. The molecule has 16 atom stereocenters. The van der Waals surface area contributed by atoms with Crippen molar-refractivity contribution in [1.29, 1.82) is 27.0 Å². The van der Waals surface area contributed by atoms with E-state index >= 15 is 9.59 Å². The third-order valence-corrected chi connectivity index (χ3v) is 20.6. The van der Waals surface area contributed by atoms with Crippen LogP contribution in [0.3, 0.4) is 0 Å². The Kier molecular flexibility index (Phi) is 46.1. The van der Waals surface area contributed by atoms with Gasteiger partial charge in [0.15, 0.2) is 29.8 Å². The number of H-pyrrole nitrogens is 1. The van der Waals surface area contributed by atoms with E-state index < -0.39 is 198 Å². The fourth-order valence-electron chi connectivity index (χ4n) is 12.9. The fourth-order valence-corrected chi connectivity index (χ4v) is 12.9. The molecule has 47 nitrogen and oxygen atoms in total. The summed E-state index contributed by atoms with van der Waals surface area (Å²) in [5.41, 5.74) is 33.7. The molecule has 0 unspecified atom stereocenters. The van der Waals surface area contributed by atoms with Crippen molar-refractivity contribution in [3.63, 3.8) is 0 Å². The first-order valence-electron chi connectivity index (χ1n) is 41.2.